The van der Waals surface area contributed by atoms with Gasteiger partial charge in [0.2, 0.25) is 0 Å². The SMILES string of the molecule is CCCCN(C)S(=O)(=O)N1CCOC(CC(=O)O)C1. The molecule has 1 rings (SSSR count). The molecule has 0 aromatic heterocycles. The molecule has 1 heterocycles. The van der Waals surface area contributed by atoms with Crippen molar-refractivity contribution in [1.29, 1.82) is 0 Å². The van der Waals surface area contributed by atoms with Crippen molar-refractivity contribution in [3.05, 3.63) is 0 Å². The molecule has 1 atom stereocenters. The van der Waals surface area contributed by atoms with Crippen LogP contribution in [0.4, 0.5) is 0 Å². The number of carboxylic acid groups (broad SMARTS) is 1. The number of carbonyl (C=O) groups is 1. The van der Waals surface area contributed by atoms with Crippen LogP contribution in [-0.4, -0.2) is 67.5 Å². The molecule has 0 saturated carbocycles. The minimum atomic E-state index is -3.51. The van der Waals surface area contributed by atoms with Gasteiger partial charge in [-0.2, -0.15) is 17.0 Å². The molecule has 1 unspecified atom stereocenters. The fraction of sp³-hybridized carbons (Fsp3) is 0.909. The average molecular weight is 294 g/mol. The van der Waals surface area contributed by atoms with Gasteiger partial charge in [-0.15, -0.1) is 0 Å². The molecule has 1 aliphatic rings. The van der Waals surface area contributed by atoms with Gasteiger partial charge in [-0.1, -0.05) is 13.3 Å². The highest BCUT2D eigenvalue weighted by molar-refractivity contribution is 7.86. The predicted molar refractivity (Wildman–Crippen MR) is 70.0 cm³/mol. The normalized spacial score (nSPS) is 21.7. The summed E-state index contributed by atoms with van der Waals surface area (Å²) in [5, 5.41) is 8.72. The van der Waals surface area contributed by atoms with Gasteiger partial charge in [0, 0.05) is 26.7 Å². The van der Waals surface area contributed by atoms with E-state index in [1.165, 1.54) is 8.61 Å². The Morgan fingerprint density at radius 2 is 2.21 bits per heavy atom. The van der Waals surface area contributed by atoms with E-state index in [4.69, 9.17) is 9.84 Å². The standard InChI is InChI=1S/C11H22N2O5S/c1-3-4-5-12(2)19(16,17)13-6-7-18-10(9-13)8-11(14)15/h10H,3-9H2,1-2H3,(H,14,15). The van der Waals surface area contributed by atoms with E-state index in [2.05, 4.69) is 0 Å². The number of carboxylic acids is 1. The highest BCUT2D eigenvalue weighted by Crippen LogP contribution is 2.15. The number of ether oxygens (including phenoxy) is 1. The number of unbranched alkanes of at least 4 members (excludes halogenated alkanes) is 1. The Morgan fingerprint density at radius 1 is 1.53 bits per heavy atom. The maximum Gasteiger partial charge on any atom is 0.306 e. The highest BCUT2D eigenvalue weighted by atomic mass is 32.2. The lowest BCUT2D eigenvalue weighted by atomic mass is 10.2. The molecule has 0 radical (unpaired) electrons. The summed E-state index contributed by atoms with van der Waals surface area (Å²) < 4.78 is 32.4. The third-order valence-corrected chi connectivity index (χ3v) is 5.01. The van der Waals surface area contributed by atoms with Crippen molar-refractivity contribution in [3.63, 3.8) is 0 Å². The molecule has 0 amide bonds. The lowest BCUT2D eigenvalue weighted by molar-refractivity contribution is -0.141. The molecule has 1 fully saturated rings. The van der Waals surface area contributed by atoms with Crippen molar-refractivity contribution >= 4 is 16.2 Å². The van der Waals surface area contributed by atoms with E-state index in [1.54, 1.807) is 7.05 Å². The average Bonchev–Trinajstić information content (AvgIpc) is 2.35. The molecule has 1 N–H and O–H groups in total. The van der Waals surface area contributed by atoms with Crippen LogP contribution in [0.1, 0.15) is 26.2 Å². The molecule has 112 valence electrons. The number of rotatable bonds is 7. The number of hydrogen-bond acceptors (Lipinski definition) is 4. The van der Waals surface area contributed by atoms with Crippen LogP contribution < -0.4 is 0 Å². The summed E-state index contributed by atoms with van der Waals surface area (Å²) in [6.45, 7) is 3.08. The van der Waals surface area contributed by atoms with Gasteiger partial charge in [-0.25, -0.2) is 0 Å². The van der Waals surface area contributed by atoms with Crippen molar-refractivity contribution in [2.75, 3.05) is 33.3 Å². The van der Waals surface area contributed by atoms with Crippen molar-refractivity contribution in [2.45, 2.75) is 32.3 Å². The molecule has 0 aromatic carbocycles. The fourth-order valence-corrected chi connectivity index (χ4v) is 3.33. The first-order valence-electron chi connectivity index (χ1n) is 6.42. The largest absolute Gasteiger partial charge is 0.481 e. The summed E-state index contributed by atoms with van der Waals surface area (Å²) in [6.07, 6.45) is 0.981. The van der Waals surface area contributed by atoms with Gasteiger partial charge in [0.05, 0.1) is 19.1 Å². The zero-order valence-electron chi connectivity index (χ0n) is 11.4. The zero-order chi connectivity index (χ0) is 14.5. The topological polar surface area (TPSA) is 87.2 Å². The predicted octanol–water partition coefficient (Wildman–Crippen LogP) is 0.139. The van der Waals surface area contributed by atoms with E-state index >= 15 is 0 Å². The van der Waals surface area contributed by atoms with Crippen molar-refractivity contribution < 1.29 is 23.1 Å². The fourth-order valence-electron chi connectivity index (χ4n) is 1.91. The summed E-state index contributed by atoms with van der Waals surface area (Å²) in [4.78, 5) is 10.6. The van der Waals surface area contributed by atoms with Crippen LogP contribution in [0, 0.1) is 0 Å². The Hall–Kier alpha value is -0.700. The van der Waals surface area contributed by atoms with Crippen molar-refractivity contribution in [3.8, 4) is 0 Å². The number of nitrogens with zero attached hydrogens (tertiary/aromatic N) is 2. The lowest BCUT2D eigenvalue weighted by Crippen LogP contribution is -2.50. The molecule has 8 heteroatoms. The van der Waals surface area contributed by atoms with E-state index in [9.17, 15) is 13.2 Å². The Bertz CT molecular complexity index is 398. The van der Waals surface area contributed by atoms with Gasteiger partial charge >= 0.3 is 5.97 Å². The molecule has 19 heavy (non-hydrogen) atoms. The Morgan fingerprint density at radius 3 is 2.79 bits per heavy atom. The summed E-state index contributed by atoms with van der Waals surface area (Å²) >= 11 is 0. The second-order valence-corrected chi connectivity index (χ2v) is 6.67. The molecule has 0 spiro atoms. The Balaban J connectivity index is 2.64. The van der Waals surface area contributed by atoms with Crippen LogP contribution in [0.3, 0.4) is 0 Å². The molecule has 0 aromatic rings. The van der Waals surface area contributed by atoms with Crippen LogP contribution in [0.5, 0.6) is 0 Å². The number of aliphatic carboxylic acids is 1. The van der Waals surface area contributed by atoms with E-state index in [0.717, 1.165) is 12.8 Å². The van der Waals surface area contributed by atoms with Crippen LogP contribution in [-0.2, 0) is 19.7 Å². The first-order chi connectivity index (χ1) is 8.87. The molecule has 1 aliphatic heterocycles. The minimum Gasteiger partial charge on any atom is -0.481 e. The maximum atomic E-state index is 12.3. The molecular formula is C11H22N2O5S. The quantitative estimate of drug-likeness (QED) is 0.721. The van der Waals surface area contributed by atoms with E-state index in [-0.39, 0.29) is 26.1 Å². The van der Waals surface area contributed by atoms with Crippen LogP contribution >= 0.6 is 0 Å². The van der Waals surface area contributed by atoms with E-state index in [0.29, 0.717) is 6.54 Å². The summed E-state index contributed by atoms with van der Waals surface area (Å²) in [5.41, 5.74) is 0. The summed E-state index contributed by atoms with van der Waals surface area (Å²) in [5.74, 6) is -0.983. The third-order valence-electron chi connectivity index (χ3n) is 3.05. The minimum absolute atomic E-state index is 0.102. The van der Waals surface area contributed by atoms with Gasteiger partial charge in [-0.05, 0) is 6.42 Å². The Kier molecular flexibility index (Phi) is 6.18. The Labute approximate surface area is 114 Å². The molecule has 7 nitrogen and oxygen atoms in total. The van der Waals surface area contributed by atoms with E-state index in [1.807, 2.05) is 6.92 Å². The molecule has 0 aliphatic carbocycles. The highest BCUT2D eigenvalue weighted by Gasteiger charge is 2.32. The van der Waals surface area contributed by atoms with Crippen LogP contribution in [0.25, 0.3) is 0 Å². The molecule has 0 bridgehead atoms. The van der Waals surface area contributed by atoms with Gasteiger partial charge in [0.1, 0.15) is 0 Å². The van der Waals surface area contributed by atoms with Crippen molar-refractivity contribution in [1.82, 2.24) is 8.61 Å². The smallest absolute Gasteiger partial charge is 0.306 e. The monoisotopic (exact) mass is 294 g/mol. The van der Waals surface area contributed by atoms with Gasteiger partial charge in [0.25, 0.3) is 10.2 Å². The number of hydrogen-bond donors (Lipinski definition) is 1. The van der Waals surface area contributed by atoms with E-state index < -0.39 is 22.3 Å². The van der Waals surface area contributed by atoms with Crippen LogP contribution in [0.2, 0.25) is 0 Å². The summed E-state index contributed by atoms with van der Waals surface area (Å²) in [7, 11) is -1.96. The zero-order valence-corrected chi connectivity index (χ0v) is 12.2. The first-order valence-corrected chi connectivity index (χ1v) is 7.82. The second kappa shape index (κ2) is 7.18. The molecular weight excluding hydrogens is 272 g/mol. The maximum absolute atomic E-state index is 12.3. The first kappa shape index (κ1) is 16.4. The van der Waals surface area contributed by atoms with Gasteiger partial charge in [0.15, 0.2) is 0 Å². The van der Waals surface area contributed by atoms with Gasteiger partial charge < -0.3 is 9.84 Å². The molecule has 1 saturated heterocycles. The number of morpholine rings is 1. The lowest BCUT2D eigenvalue weighted by Gasteiger charge is -2.34. The second-order valence-electron chi connectivity index (χ2n) is 4.63. The summed E-state index contributed by atoms with van der Waals surface area (Å²) in [6, 6.07) is 0. The van der Waals surface area contributed by atoms with Crippen LogP contribution in [0.15, 0.2) is 0 Å². The third kappa shape index (κ3) is 4.72. The van der Waals surface area contributed by atoms with Crippen molar-refractivity contribution in [2.24, 2.45) is 0 Å². The van der Waals surface area contributed by atoms with Gasteiger partial charge in [-0.3, -0.25) is 4.79 Å².